The third-order valence-electron chi connectivity index (χ3n) is 4.12. The molecule has 2 rings (SSSR count). The van der Waals surface area contributed by atoms with Crippen molar-refractivity contribution >= 4 is 29.7 Å². The van der Waals surface area contributed by atoms with Gasteiger partial charge in [0, 0.05) is 32.2 Å². The summed E-state index contributed by atoms with van der Waals surface area (Å²) >= 11 is 0. The zero-order valence-electron chi connectivity index (χ0n) is 14.1. The van der Waals surface area contributed by atoms with E-state index in [0.717, 1.165) is 32.5 Å². The van der Waals surface area contributed by atoms with Crippen molar-refractivity contribution in [2.45, 2.75) is 25.8 Å². The second-order valence-corrected chi connectivity index (χ2v) is 5.84. The molecule has 0 aromatic heterocycles. The summed E-state index contributed by atoms with van der Waals surface area (Å²) < 4.78 is 0. The lowest BCUT2D eigenvalue weighted by molar-refractivity contribution is -0.384. The topological polar surface area (TPSA) is 78.7 Å². The van der Waals surface area contributed by atoms with Crippen molar-refractivity contribution in [1.82, 2.24) is 10.2 Å². The van der Waals surface area contributed by atoms with E-state index < -0.39 is 4.92 Å². The number of benzene rings is 1. The third-order valence-corrected chi connectivity index (χ3v) is 4.12. The monoisotopic (exact) mass is 356 g/mol. The Kier molecular flexibility index (Phi) is 7.94. The number of hydrogen-bond acceptors (Lipinski definition) is 5. The predicted molar refractivity (Wildman–Crippen MR) is 96.9 cm³/mol. The number of nitro groups is 1. The van der Waals surface area contributed by atoms with Crippen molar-refractivity contribution in [2.24, 2.45) is 0 Å². The highest BCUT2D eigenvalue weighted by molar-refractivity contribution is 5.85. The molecule has 0 aliphatic carbocycles. The minimum atomic E-state index is -0.416. The molecular formula is C16H25ClN4O3. The van der Waals surface area contributed by atoms with Gasteiger partial charge in [0.25, 0.3) is 5.69 Å². The van der Waals surface area contributed by atoms with Crippen molar-refractivity contribution in [3.63, 3.8) is 0 Å². The Labute approximate surface area is 148 Å². The highest BCUT2D eigenvalue weighted by atomic mass is 35.5. The van der Waals surface area contributed by atoms with E-state index in [9.17, 15) is 14.9 Å². The van der Waals surface area contributed by atoms with E-state index in [0.29, 0.717) is 5.69 Å². The van der Waals surface area contributed by atoms with Crippen LogP contribution in [0, 0.1) is 10.1 Å². The van der Waals surface area contributed by atoms with E-state index in [1.165, 1.54) is 6.07 Å². The molecule has 0 bridgehead atoms. The van der Waals surface area contributed by atoms with Crippen molar-refractivity contribution in [3.05, 3.63) is 34.4 Å². The molecule has 0 saturated carbocycles. The van der Waals surface area contributed by atoms with Gasteiger partial charge in [0.1, 0.15) is 5.69 Å². The summed E-state index contributed by atoms with van der Waals surface area (Å²) in [6, 6.07) is 6.73. The van der Waals surface area contributed by atoms with Crippen molar-refractivity contribution < 1.29 is 9.72 Å². The van der Waals surface area contributed by atoms with Gasteiger partial charge in [-0.2, -0.15) is 0 Å². The van der Waals surface area contributed by atoms with E-state index >= 15 is 0 Å². The first kappa shape index (κ1) is 20.2. The number of nitro benzene ring substituents is 1. The zero-order chi connectivity index (χ0) is 16.8. The van der Waals surface area contributed by atoms with Crippen molar-refractivity contribution in [1.29, 1.82) is 0 Å². The number of nitrogens with zero attached hydrogens (tertiary/aromatic N) is 3. The quantitative estimate of drug-likeness (QED) is 0.597. The van der Waals surface area contributed by atoms with E-state index in [4.69, 9.17) is 0 Å². The van der Waals surface area contributed by atoms with E-state index in [1.54, 1.807) is 30.1 Å². The van der Waals surface area contributed by atoms with Crippen LogP contribution in [0.1, 0.15) is 19.8 Å². The standard InChI is InChI=1S/C16H24N4O3.ClH/c1-3-10-19(13-8-9-17-11-13)16(21)12-18(2)14-6-4-5-7-15(14)20(22)23;/h4-7,13,17H,3,8-12H2,1-2H3;1H. The molecular weight excluding hydrogens is 332 g/mol. The highest BCUT2D eigenvalue weighted by Crippen LogP contribution is 2.26. The number of carbonyl (C=O) groups is 1. The van der Waals surface area contributed by atoms with Gasteiger partial charge in [-0.05, 0) is 25.5 Å². The van der Waals surface area contributed by atoms with Crippen LogP contribution < -0.4 is 10.2 Å². The molecule has 1 fully saturated rings. The minimum Gasteiger partial charge on any atom is -0.360 e. The van der Waals surface area contributed by atoms with Crippen LogP contribution in [-0.4, -0.2) is 55.0 Å². The molecule has 1 N–H and O–H groups in total. The van der Waals surface area contributed by atoms with Gasteiger partial charge in [-0.25, -0.2) is 0 Å². The number of hydrogen-bond donors (Lipinski definition) is 1. The Balaban J connectivity index is 0.00000288. The SMILES string of the molecule is CCCN(C(=O)CN(C)c1ccccc1[N+](=O)[O-])C1CCNC1.Cl. The van der Waals surface area contributed by atoms with Gasteiger partial charge in [-0.3, -0.25) is 14.9 Å². The molecule has 1 heterocycles. The third kappa shape index (κ3) is 4.82. The lowest BCUT2D eigenvalue weighted by atomic mass is 10.2. The number of rotatable bonds is 7. The van der Waals surface area contributed by atoms with Crippen LogP contribution in [0.25, 0.3) is 0 Å². The van der Waals surface area contributed by atoms with Crippen molar-refractivity contribution in [3.8, 4) is 0 Å². The zero-order valence-corrected chi connectivity index (χ0v) is 14.9. The largest absolute Gasteiger partial charge is 0.360 e. The molecule has 0 spiro atoms. The lowest BCUT2D eigenvalue weighted by Crippen LogP contribution is -2.46. The first-order chi connectivity index (χ1) is 11.0. The fraction of sp³-hybridized carbons (Fsp3) is 0.562. The summed E-state index contributed by atoms with van der Waals surface area (Å²) in [7, 11) is 1.72. The van der Waals surface area contributed by atoms with Crippen LogP contribution >= 0.6 is 12.4 Å². The predicted octanol–water partition coefficient (Wildman–Crippen LogP) is 2.05. The molecule has 1 aliphatic rings. The van der Waals surface area contributed by atoms with Crippen LogP contribution in [0.2, 0.25) is 0 Å². The van der Waals surface area contributed by atoms with Gasteiger partial charge in [0.05, 0.1) is 11.5 Å². The van der Waals surface area contributed by atoms with E-state index in [1.807, 2.05) is 4.90 Å². The fourth-order valence-electron chi connectivity index (χ4n) is 2.98. The molecule has 1 amide bonds. The molecule has 1 atom stereocenters. The average molecular weight is 357 g/mol. The Morgan fingerprint density at radius 1 is 1.42 bits per heavy atom. The lowest BCUT2D eigenvalue weighted by Gasteiger charge is -2.30. The summed E-state index contributed by atoms with van der Waals surface area (Å²) in [6.45, 7) is 4.66. The van der Waals surface area contributed by atoms with Crippen LogP contribution in [0.3, 0.4) is 0 Å². The molecule has 1 unspecified atom stereocenters. The molecule has 1 aromatic carbocycles. The van der Waals surface area contributed by atoms with E-state index in [-0.39, 0.29) is 36.6 Å². The second-order valence-electron chi connectivity index (χ2n) is 5.84. The van der Waals surface area contributed by atoms with Crippen LogP contribution in [0.5, 0.6) is 0 Å². The van der Waals surface area contributed by atoms with Crippen LogP contribution in [0.15, 0.2) is 24.3 Å². The Hall–Kier alpha value is -1.86. The summed E-state index contributed by atoms with van der Waals surface area (Å²) in [5, 5.41) is 14.4. The van der Waals surface area contributed by atoms with Gasteiger partial charge in [0.15, 0.2) is 0 Å². The van der Waals surface area contributed by atoms with Crippen molar-refractivity contribution in [2.75, 3.05) is 38.1 Å². The first-order valence-electron chi connectivity index (χ1n) is 7.99. The van der Waals surface area contributed by atoms with Crippen LogP contribution in [0.4, 0.5) is 11.4 Å². The number of carbonyl (C=O) groups excluding carboxylic acids is 1. The number of anilines is 1. The molecule has 0 radical (unpaired) electrons. The summed E-state index contributed by atoms with van der Waals surface area (Å²) in [6.07, 6.45) is 1.86. The van der Waals surface area contributed by atoms with E-state index in [2.05, 4.69) is 12.2 Å². The maximum Gasteiger partial charge on any atom is 0.292 e. The fourth-order valence-corrected chi connectivity index (χ4v) is 2.98. The summed E-state index contributed by atoms with van der Waals surface area (Å²) in [5.74, 6) is 0.0150. The molecule has 8 heteroatoms. The van der Waals surface area contributed by atoms with Gasteiger partial charge in [-0.1, -0.05) is 19.1 Å². The number of likely N-dealkylation sites (N-methyl/N-ethyl adjacent to an activating group) is 1. The smallest absolute Gasteiger partial charge is 0.292 e. The van der Waals surface area contributed by atoms with Gasteiger partial charge < -0.3 is 15.1 Å². The second kappa shape index (κ2) is 9.44. The van der Waals surface area contributed by atoms with Gasteiger partial charge in [-0.15, -0.1) is 12.4 Å². The maximum atomic E-state index is 12.7. The summed E-state index contributed by atoms with van der Waals surface area (Å²) in [4.78, 5) is 27.0. The molecule has 1 aliphatic heterocycles. The number of nitrogens with one attached hydrogen (secondary N) is 1. The normalized spacial score (nSPS) is 16.3. The Morgan fingerprint density at radius 3 is 2.71 bits per heavy atom. The maximum absolute atomic E-state index is 12.7. The molecule has 1 saturated heterocycles. The number of halogens is 1. The molecule has 7 nitrogen and oxygen atoms in total. The molecule has 24 heavy (non-hydrogen) atoms. The van der Waals surface area contributed by atoms with Crippen LogP contribution in [-0.2, 0) is 4.79 Å². The van der Waals surface area contributed by atoms with Gasteiger partial charge >= 0.3 is 0 Å². The number of para-hydroxylation sites is 2. The Morgan fingerprint density at radius 2 is 2.12 bits per heavy atom. The average Bonchev–Trinajstić information content (AvgIpc) is 3.06. The summed E-state index contributed by atoms with van der Waals surface area (Å²) in [5.41, 5.74) is 0.485. The number of amides is 1. The first-order valence-corrected chi connectivity index (χ1v) is 7.99. The molecule has 1 aromatic rings. The van der Waals surface area contributed by atoms with Gasteiger partial charge in [0.2, 0.25) is 5.91 Å². The minimum absolute atomic E-state index is 0. The molecule has 134 valence electrons. The Bertz CT molecular complexity index is 564. The highest BCUT2D eigenvalue weighted by Gasteiger charge is 2.27.